The molecular weight excluding hydrogens is 261 g/mol. The van der Waals surface area contributed by atoms with Crippen molar-refractivity contribution in [3.05, 3.63) is 0 Å². The van der Waals surface area contributed by atoms with Gasteiger partial charge < -0.3 is 29.5 Å². The number of carboxylic acid groups (broad SMARTS) is 2. The lowest BCUT2D eigenvalue weighted by Gasteiger charge is -2.31. The fraction of sp³-hybridized carbons (Fsp3) is 0.667. The standard InChI is InChI=1S/C6H10NO9P/c8-4(9)15-3-6(1-2-7-3,16-5(10)11)17(12,13)14/h3,7H,1-2H2,(H,8,9)(H,10,11)(H2,12,13,14). The van der Waals surface area contributed by atoms with E-state index in [9.17, 15) is 14.2 Å². The predicted molar refractivity (Wildman–Crippen MR) is 49.4 cm³/mol. The molecule has 1 fully saturated rings. The molecule has 98 valence electrons. The SMILES string of the molecule is O=C(O)OC1NCCC1(OC(=O)O)P(=O)(O)O. The molecule has 0 aliphatic carbocycles. The molecule has 1 rings (SSSR count). The Labute approximate surface area is 94.3 Å². The average molecular weight is 271 g/mol. The molecule has 0 saturated carbocycles. The van der Waals surface area contributed by atoms with Gasteiger partial charge in [-0.25, -0.2) is 9.59 Å². The first-order valence-electron chi connectivity index (χ1n) is 4.29. The minimum atomic E-state index is -5.06. The lowest BCUT2D eigenvalue weighted by molar-refractivity contribution is -0.0646. The van der Waals surface area contributed by atoms with Crippen molar-refractivity contribution in [2.24, 2.45) is 0 Å². The highest BCUT2D eigenvalue weighted by atomic mass is 31.2. The molecule has 0 aromatic carbocycles. The van der Waals surface area contributed by atoms with Gasteiger partial charge >= 0.3 is 19.9 Å². The summed E-state index contributed by atoms with van der Waals surface area (Å²) in [5, 5.41) is 16.6. The molecule has 1 aliphatic rings. The van der Waals surface area contributed by atoms with E-state index in [1.807, 2.05) is 0 Å². The maximum Gasteiger partial charge on any atom is 0.507 e. The molecule has 1 heterocycles. The summed E-state index contributed by atoms with van der Waals surface area (Å²) in [4.78, 5) is 39.0. The highest BCUT2D eigenvalue weighted by Gasteiger charge is 2.62. The number of hydrogen-bond acceptors (Lipinski definition) is 6. The topological polar surface area (TPSA) is 163 Å². The Balaban J connectivity index is 3.08. The minimum absolute atomic E-state index is 0.0592. The Morgan fingerprint density at radius 2 is 1.88 bits per heavy atom. The fourth-order valence-electron chi connectivity index (χ4n) is 1.52. The van der Waals surface area contributed by atoms with E-state index in [0.29, 0.717) is 0 Å². The lowest BCUT2D eigenvalue weighted by Crippen LogP contribution is -2.48. The Bertz CT molecular complexity index is 378. The van der Waals surface area contributed by atoms with Crippen LogP contribution in [0, 0.1) is 0 Å². The van der Waals surface area contributed by atoms with E-state index in [4.69, 9.17) is 20.0 Å². The van der Waals surface area contributed by atoms with Gasteiger partial charge in [0.15, 0.2) is 0 Å². The maximum atomic E-state index is 11.3. The van der Waals surface area contributed by atoms with E-state index in [2.05, 4.69) is 14.8 Å². The Morgan fingerprint density at radius 1 is 1.29 bits per heavy atom. The molecule has 1 aliphatic heterocycles. The molecule has 2 unspecified atom stereocenters. The summed E-state index contributed by atoms with van der Waals surface area (Å²) < 4.78 is 19.6. The summed E-state index contributed by atoms with van der Waals surface area (Å²) in [6.07, 6.45) is -5.90. The van der Waals surface area contributed by atoms with Crippen LogP contribution in [0.5, 0.6) is 0 Å². The lowest BCUT2D eigenvalue weighted by atomic mass is 10.3. The second-order valence-electron chi connectivity index (χ2n) is 3.22. The Kier molecular flexibility index (Phi) is 3.62. The largest absolute Gasteiger partial charge is 0.507 e. The van der Waals surface area contributed by atoms with Gasteiger partial charge in [-0.2, -0.15) is 0 Å². The van der Waals surface area contributed by atoms with Gasteiger partial charge in [-0.3, -0.25) is 9.88 Å². The van der Waals surface area contributed by atoms with Crippen LogP contribution in [0.3, 0.4) is 0 Å². The Hall–Kier alpha value is -1.35. The van der Waals surface area contributed by atoms with Crippen molar-refractivity contribution in [2.45, 2.75) is 18.0 Å². The molecule has 1 saturated heterocycles. The van der Waals surface area contributed by atoms with Crippen LogP contribution in [0.1, 0.15) is 6.42 Å². The Morgan fingerprint density at radius 3 is 2.29 bits per heavy atom. The van der Waals surface area contributed by atoms with E-state index in [1.165, 1.54) is 0 Å². The normalized spacial score (nSPS) is 28.7. The summed E-state index contributed by atoms with van der Waals surface area (Å²) >= 11 is 0. The highest BCUT2D eigenvalue weighted by Crippen LogP contribution is 2.57. The van der Waals surface area contributed by atoms with Gasteiger partial charge in [0, 0.05) is 13.0 Å². The zero-order valence-electron chi connectivity index (χ0n) is 8.27. The molecule has 0 bridgehead atoms. The van der Waals surface area contributed by atoms with E-state index < -0.39 is 37.9 Å². The second kappa shape index (κ2) is 4.49. The average Bonchev–Trinajstić information content (AvgIpc) is 2.46. The molecule has 0 amide bonds. The third-order valence-corrected chi connectivity index (χ3v) is 3.73. The van der Waals surface area contributed by atoms with E-state index >= 15 is 0 Å². The van der Waals surface area contributed by atoms with Crippen molar-refractivity contribution < 1.29 is 43.6 Å². The smallest absolute Gasteiger partial charge is 0.450 e. The van der Waals surface area contributed by atoms with Crippen molar-refractivity contribution in [3.63, 3.8) is 0 Å². The molecule has 5 N–H and O–H groups in total. The van der Waals surface area contributed by atoms with Crippen molar-refractivity contribution in [2.75, 3.05) is 6.54 Å². The number of hydrogen-bond donors (Lipinski definition) is 5. The van der Waals surface area contributed by atoms with E-state index in [-0.39, 0.29) is 6.54 Å². The first kappa shape index (κ1) is 13.7. The zero-order valence-corrected chi connectivity index (χ0v) is 9.16. The second-order valence-corrected chi connectivity index (χ2v) is 5.07. The number of ether oxygens (including phenoxy) is 2. The first-order valence-corrected chi connectivity index (χ1v) is 5.91. The predicted octanol–water partition coefficient (Wildman–Crippen LogP) is -0.431. The van der Waals surface area contributed by atoms with Crippen LogP contribution in [0.4, 0.5) is 9.59 Å². The van der Waals surface area contributed by atoms with Crippen molar-refractivity contribution in [1.82, 2.24) is 5.32 Å². The maximum absolute atomic E-state index is 11.3. The third-order valence-electron chi connectivity index (χ3n) is 2.20. The quantitative estimate of drug-likeness (QED) is 0.336. The third kappa shape index (κ3) is 2.67. The van der Waals surface area contributed by atoms with Gasteiger partial charge in [0.2, 0.25) is 6.23 Å². The number of nitrogens with one attached hydrogen (secondary N) is 1. The van der Waals surface area contributed by atoms with Crippen LogP contribution in [-0.4, -0.2) is 50.4 Å². The van der Waals surface area contributed by atoms with Crippen molar-refractivity contribution in [1.29, 1.82) is 0 Å². The molecule has 0 aromatic heterocycles. The summed E-state index contributed by atoms with van der Waals surface area (Å²) in [6, 6.07) is 0. The molecule has 17 heavy (non-hydrogen) atoms. The van der Waals surface area contributed by atoms with Gasteiger partial charge in [0.1, 0.15) is 0 Å². The molecule has 2 atom stereocenters. The fourth-order valence-corrected chi connectivity index (χ4v) is 2.57. The van der Waals surface area contributed by atoms with Crippen LogP contribution in [-0.2, 0) is 14.0 Å². The van der Waals surface area contributed by atoms with Crippen LogP contribution < -0.4 is 5.32 Å². The molecule has 0 radical (unpaired) electrons. The van der Waals surface area contributed by atoms with Gasteiger partial charge in [0.25, 0.3) is 5.34 Å². The molecule has 0 spiro atoms. The number of rotatable bonds is 3. The minimum Gasteiger partial charge on any atom is -0.450 e. The van der Waals surface area contributed by atoms with Gasteiger partial charge in [-0.15, -0.1) is 0 Å². The molecule has 10 nitrogen and oxygen atoms in total. The van der Waals surface area contributed by atoms with Crippen LogP contribution in [0.25, 0.3) is 0 Å². The van der Waals surface area contributed by atoms with Crippen LogP contribution in [0.2, 0.25) is 0 Å². The highest BCUT2D eigenvalue weighted by molar-refractivity contribution is 7.53. The van der Waals surface area contributed by atoms with Gasteiger partial charge in [-0.1, -0.05) is 0 Å². The molecule has 0 aromatic rings. The zero-order chi connectivity index (χ0) is 13.3. The first-order chi connectivity index (χ1) is 7.69. The molecular formula is C6H10NO9P. The van der Waals surface area contributed by atoms with Crippen molar-refractivity contribution >= 4 is 19.9 Å². The van der Waals surface area contributed by atoms with E-state index in [0.717, 1.165) is 0 Å². The summed E-state index contributed by atoms with van der Waals surface area (Å²) in [6.45, 7) is -0.0592. The van der Waals surface area contributed by atoms with Gasteiger partial charge in [0.05, 0.1) is 0 Å². The van der Waals surface area contributed by atoms with Crippen molar-refractivity contribution in [3.8, 4) is 0 Å². The van der Waals surface area contributed by atoms with Crippen LogP contribution >= 0.6 is 7.60 Å². The molecule has 11 heteroatoms. The summed E-state index contributed by atoms with van der Waals surface area (Å²) in [5.74, 6) is 0. The number of carbonyl (C=O) groups is 2. The van der Waals surface area contributed by atoms with E-state index in [1.54, 1.807) is 0 Å². The van der Waals surface area contributed by atoms with Crippen LogP contribution in [0.15, 0.2) is 0 Å². The summed E-state index contributed by atoms with van der Waals surface area (Å²) in [7, 11) is -5.06. The van der Waals surface area contributed by atoms with Gasteiger partial charge in [-0.05, 0) is 0 Å². The monoisotopic (exact) mass is 271 g/mol. The summed E-state index contributed by atoms with van der Waals surface area (Å²) in [5.41, 5.74) is 0.